The van der Waals surface area contributed by atoms with Gasteiger partial charge < -0.3 is 10.1 Å². The summed E-state index contributed by atoms with van der Waals surface area (Å²) in [6.45, 7) is 5.76. The number of aromatic nitrogens is 5. The van der Waals surface area contributed by atoms with Crippen LogP contribution in [-0.2, 0) is 0 Å². The number of nitrogens with one attached hydrogen (secondary N) is 1. The molecular formula is C20H19ClN6O. The first-order valence-electron chi connectivity index (χ1n) is 8.74. The standard InChI is InChI=1S/C20H19ClN6O/c1-11-8-18(25-20-14(11)6-5-7-15(20)28-4)27-19(9-12(2)26-27)24-17-10-16(21)22-13(3)23-17/h5-10H,1-4H3,(H,22,23,24). The number of aryl methyl sites for hydroxylation is 3. The zero-order valence-corrected chi connectivity index (χ0v) is 16.7. The molecule has 0 amide bonds. The largest absolute Gasteiger partial charge is 0.494 e. The molecule has 0 saturated carbocycles. The van der Waals surface area contributed by atoms with Crippen LogP contribution in [0.2, 0.25) is 5.15 Å². The summed E-state index contributed by atoms with van der Waals surface area (Å²) in [5.41, 5.74) is 2.72. The molecule has 4 aromatic rings. The normalized spacial score (nSPS) is 11.0. The number of pyridine rings is 1. The maximum absolute atomic E-state index is 6.06. The van der Waals surface area contributed by atoms with Crippen molar-refractivity contribution >= 4 is 34.1 Å². The van der Waals surface area contributed by atoms with Crippen LogP contribution in [0.4, 0.5) is 11.6 Å². The van der Waals surface area contributed by atoms with E-state index in [1.54, 1.807) is 24.8 Å². The van der Waals surface area contributed by atoms with E-state index in [9.17, 15) is 0 Å². The average Bonchev–Trinajstić information content (AvgIpc) is 3.00. The van der Waals surface area contributed by atoms with Crippen LogP contribution in [0.25, 0.3) is 16.7 Å². The number of fused-ring (bicyclic) bond motifs is 1. The summed E-state index contributed by atoms with van der Waals surface area (Å²) in [6, 6.07) is 11.5. The Morgan fingerprint density at radius 3 is 2.61 bits per heavy atom. The molecule has 0 fully saturated rings. The molecule has 4 rings (SSSR count). The van der Waals surface area contributed by atoms with Gasteiger partial charge >= 0.3 is 0 Å². The molecule has 0 aliphatic carbocycles. The fourth-order valence-electron chi connectivity index (χ4n) is 3.14. The Balaban J connectivity index is 1.84. The maximum atomic E-state index is 6.06. The highest BCUT2D eigenvalue weighted by atomic mass is 35.5. The lowest BCUT2D eigenvalue weighted by Gasteiger charge is -2.12. The number of hydrogen-bond donors (Lipinski definition) is 1. The highest BCUT2D eigenvalue weighted by molar-refractivity contribution is 6.29. The van der Waals surface area contributed by atoms with Gasteiger partial charge in [-0.05, 0) is 38.5 Å². The summed E-state index contributed by atoms with van der Waals surface area (Å²) in [6.07, 6.45) is 0. The minimum atomic E-state index is 0.377. The molecule has 0 bridgehead atoms. The van der Waals surface area contributed by atoms with Crippen LogP contribution < -0.4 is 10.1 Å². The number of benzene rings is 1. The highest BCUT2D eigenvalue weighted by Gasteiger charge is 2.14. The van der Waals surface area contributed by atoms with Crippen molar-refractivity contribution in [2.75, 3.05) is 12.4 Å². The number of rotatable bonds is 4. The summed E-state index contributed by atoms with van der Waals surface area (Å²) in [5.74, 6) is 3.31. The van der Waals surface area contributed by atoms with Gasteiger partial charge in [-0.25, -0.2) is 15.0 Å². The first kappa shape index (κ1) is 18.2. The van der Waals surface area contributed by atoms with Crippen molar-refractivity contribution in [1.29, 1.82) is 0 Å². The summed E-state index contributed by atoms with van der Waals surface area (Å²) in [7, 11) is 1.64. The molecule has 0 spiro atoms. The van der Waals surface area contributed by atoms with Crippen molar-refractivity contribution < 1.29 is 4.74 Å². The maximum Gasteiger partial charge on any atom is 0.156 e. The van der Waals surface area contributed by atoms with Crippen molar-refractivity contribution in [2.45, 2.75) is 20.8 Å². The molecular weight excluding hydrogens is 376 g/mol. The second kappa shape index (κ2) is 7.09. The van der Waals surface area contributed by atoms with Crippen molar-refractivity contribution in [3.63, 3.8) is 0 Å². The molecule has 0 aliphatic rings. The number of para-hydroxylation sites is 1. The molecule has 142 valence electrons. The van der Waals surface area contributed by atoms with E-state index in [2.05, 4.69) is 20.4 Å². The smallest absolute Gasteiger partial charge is 0.156 e. The lowest BCUT2D eigenvalue weighted by atomic mass is 10.1. The number of anilines is 2. The van der Waals surface area contributed by atoms with Crippen LogP contribution >= 0.6 is 11.6 Å². The minimum absolute atomic E-state index is 0.377. The van der Waals surface area contributed by atoms with E-state index in [0.29, 0.717) is 22.6 Å². The topological polar surface area (TPSA) is 77.8 Å². The Morgan fingerprint density at radius 2 is 1.86 bits per heavy atom. The highest BCUT2D eigenvalue weighted by Crippen LogP contribution is 2.29. The summed E-state index contributed by atoms with van der Waals surface area (Å²) in [4.78, 5) is 13.3. The van der Waals surface area contributed by atoms with Gasteiger partial charge in [0.25, 0.3) is 0 Å². The Labute approximate surface area is 167 Å². The third kappa shape index (κ3) is 3.36. The van der Waals surface area contributed by atoms with Gasteiger partial charge in [0, 0.05) is 17.5 Å². The fourth-order valence-corrected chi connectivity index (χ4v) is 3.36. The van der Waals surface area contributed by atoms with Crippen molar-refractivity contribution in [1.82, 2.24) is 24.7 Å². The number of halogens is 1. The summed E-state index contributed by atoms with van der Waals surface area (Å²) in [5, 5.41) is 9.28. The van der Waals surface area contributed by atoms with Gasteiger partial charge in [-0.1, -0.05) is 23.7 Å². The Hall–Kier alpha value is -3.19. The second-order valence-corrected chi connectivity index (χ2v) is 6.87. The molecule has 8 heteroatoms. The number of hydrogen-bond acceptors (Lipinski definition) is 6. The SMILES string of the molecule is COc1cccc2c(C)cc(-n3nc(C)cc3Nc3cc(Cl)nc(C)n3)nc12. The zero-order chi connectivity index (χ0) is 19.8. The van der Waals surface area contributed by atoms with Crippen LogP contribution in [0.1, 0.15) is 17.1 Å². The molecule has 1 aromatic carbocycles. The molecule has 1 N–H and O–H groups in total. The predicted octanol–water partition coefficient (Wildman–Crippen LogP) is 4.54. The van der Waals surface area contributed by atoms with E-state index in [1.807, 2.05) is 44.2 Å². The van der Waals surface area contributed by atoms with Crippen molar-refractivity contribution in [2.24, 2.45) is 0 Å². The number of methoxy groups -OCH3 is 1. The Bertz CT molecular complexity index is 1170. The van der Waals surface area contributed by atoms with Crippen LogP contribution in [0.3, 0.4) is 0 Å². The monoisotopic (exact) mass is 394 g/mol. The van der Waals surface area contributed by atoms with Gasteiger partial charge in [-0.15, -0.1) is 0 Å². The molecule has 0 radical (unpaired) electrons. The molecule has 3 aromatic heterocycles. The van der Waals surface area contributed by atoms with Gasteiger partial charge in [-0.3, -0.25) is 0 Å². The molecule has 28 heavy (non-hydrogen) atoms. The first-order valence-corrected chi connectivity index (χ1v) is 9.12. The van der Waals surface area contributed by atoms with Gasteiger partial charge in [-0.2, -0.15) is 9.78 Å². The van der Waals surface area contributed by atoms with Crippen molar-refractivity contribution in [3.05, 3.63) is 58.6 Å². The molecule has 7 nitrogen and oxygen atoms in total. The van der Waals surface area contributed by atoms with Crippen LogP contribution in [-0.4, -0.2) is 31.8 Å². The number of ether oxygens (including phenoxy) is 1. The van der Waals surface area contributed by atoms with Gasteiger partial charge in [0.05, 0.1) is 12.8 Å². The summed E-state index contributed by atoms with van der Waals surface area (Å²) < 4.78 is 7.24. The summed E-state index contributed by atoms with van der Waals surface area (Å²) >= 11 is 6.06. The van der Waals surface area contributed by atoms with Gasteiger partial charge in [0.2, 0.25) is 0 Å². The van der Waals surface area contributed by atoms with E-state index in [0.717, 1.165) is 33.7 Å². The van der Waals surface area contributed by atoms with Crippen molar-refractivity contribution in [3.8, 4) is 11.6 Å². The number of nitrogens with zero attached hydrogens (tertiary/aromatic N) is 5. The minimum Gasteiger partial charge on any atom is -0.494 e. The molecule has 0 unspecified atom stereocenters. The zero-order valence-electron chi connectivity index (χ0n) is 16.0. The average molecular weight is 395 g/mol. The lowest BCUT2D eigenvalue weighted by Crippen LogP contribution is -2.07. The van der Waals surface area contributed by atoms with E-state index < -0.39 is 0 Å². The lowest BCUT2D eigenvalue weighted by molar-refractivity contribution is 0.419. The second-order valence-electron chi connectivity index (χ2n) is 6.48. The van der Waals surface area contributed by atoms with Crippen LogP contribution in [0, 0.1) is 20.8 Å². The third-order valence-electron chi connectivity index (χ3n) is 4.33. The molecule has 3 heterocycles. The van der Waals surface area contributed by atoms with E-state index >= 15 is 0 Å². The first-order chi connectivity index (χ1) is 13.4. The quantitative estimate of drug-likeness (QED) is 0.512. The Morgan fingerprint density at radius 1 is 1.04 bits per heavy atom. The fraction of sp³-hybridized carbons (Fsp3) is 0.200. The molecule has 0 atom stereocenters. The van der Waals surface area contributed by atoms with E-state index in [-0.39, 0.29) is 0 Å². The van der Waals surface area contributed by atoms with Crippen LogP contribution in [0.5, 0.6) is 5.75 Å². The third-order valence-corrected chi connectivity index (χ3v) is 4.52. The van der Waals surface area contributed by atoms with Gasteiger partial charge in [0.15, 0.2) is 5.82 Å². The molecule has 0 aliphatic heterocycles. The molecule has 0 saturated heterocycles. The van der Waals surface area contributed by atoms with Gasteiger partial charge in [0.1, 0.15) is 33.9 Å². The predicted molar refractivity (Wildman–Crippen MR) is 110 cm³/mol. The van der Waals surface area contributed by atoms with E-state index in [1.165, 1.54) is 0 Å². The Kier molecular flexibility index (Phi) is 4.60. The van der Waals surface area contributed by atoms with E-state index in [4.69, 9.17) is 21.3 Å². The van der Waals surface area contributed by atoms with Crippen LogP contribution in [0.15, 0.2) is 36.4 Å².